The molecule has 0 saturated carbocycles. The molecule has 2 N–H and O–H groups in total. The van der Waals surface area contributed by atoms with E-state index in [0.29, 0.717) is 19.6 Å². The average Bonchev–Trinajstić information content (AvgIpc) is 2.73. The molecule has 1 aromatic carbocycles. The van der Waals surface area contributed by atoms with E-state index in [9.17, 15) is 9.90 Å². The van der Waals surface area contributed by atoms with Gasteiger partial charge >= 0.3 is 6.09 Å². The molecule has 174 valence electrons. The monoisotopic (exact) mass is 432 g/mol. The van der Waals surface area contributed by atoms with E-state index in [-0.39, 0.29) is 18.2 Å². The van der Waals surface area contributed by atoms with E-state index in [2.05, 4.69) is 44.3 Å². The number of amides is 1. The molecule has 0 aliphatic carbocycles. The summed E-state index contributed by atoms with van der Waals surface area (Å²) in [6.07, 6.45) is 2.60. The Hall–Kier alpha value is -1.83. The Morgan fingerprint density at radius 2 is 1.81 bits per heavy atom. The zero-order valence-corrected chi connectivity index (χ0v) is 19.4. The average molecular weight is 433 g/mol. The molecule has 2 saturated heterocycles. The van der Waals surface area contributed by atoms with Crippen molar-refractivity contribution in [3.63, 3.8) is 0 Å². The van der Waals surface area contributed by atoms with Gasteiger partial charge in [-0.3, -0.25) is 9.80 Å². The molecule has 2 aliphatic heterocycles. The lowest BCUT2D eigenvalue weighted by atomic mass is 10.0. The number of rotatable bonds is 7. The second-order valence-electron chi connectivity index (χ2n) is 9.80. The maximum absolute atomic E-state index is 12.0. The van der Waals surface area contributed by atoms with Gasteiger partial charge in [0.15, 0.2) is 0 Å². The summed E-state index contributed by atoms with van der Waals surface area (Å²) in [6.45, 7) is 12.4. The van der Waals surface area contributed by atoms with Crippen LogP contribution in [0.25, 0.3) is 0 Å². The van der Waals surface area contributed by atoms with Crippen molar-refractivity contribution in [2.75, 3.05) is 57.3 Å². The summed E-state index contributed by atoms with van der Waals surface area (Å²) in [5.74, 6) is 0. The topological polar surface area (TPSA) is 68.3 Å². The van der Waals surface area contributed by atoms with Gasteiger partial charge in [-0.1, -0.05) is 24.6 Å². The highest BCUT2D eigenvalue weighted by Crippen LogP contribution is 2.19. The third-order valence-corrected chi connectivity index (χ3v) is 6.04. The molecule has 0 radical (unpaired) electrons. The van der Waals surface area contributed by atoms with Crippen LogP contribution >= 0.6 is 0 Å². The summed E-state index contributed by atoms with van der Waals surface area (Å²) in [6, 6.07) is 10.8. The standard InChI is InChI=1S/C24H40N4O3/c1-24(2,3)31-23(30)25-17-21-11-7-8-12-28(21)19-22(29)18-26-13-15-27(16-14-26)20-9-5-4-6-10-20/h4-6,9-10,21-22,29H,7-8,11-19H2,1-3H3,(H,25,30). The first-order chi connectivity index (χ1) is 14.8. The summed E-state index contributed by atoms with van der Waals surface area (Å²) in [4.78, 5) is 19.1. The molecule has 2 fully saturated rings. The fraction of sp³-hybridized carbons (Fsp3) is 0.708. The molecule has 3 rings (SSSR count). The van der Waals surface area contributed by atoms with Crippen molar-refractivity contribution >= 4 is 11.8 Å². The van der Waals surface area contributed by atoms with Crippen LogP contribution in [0.5, 0.6) is 0 Å². The number of aliphatic hydroxyl groups is 1. The first-order valence-corrected chi connectivity index (χ1v) is 11.7. The van der Waals surface area contributed by atoms with Crippen LogP contribution in [0.2, 0.25) is 0 Å². The first-order valence-electron chi connectivity index (χ1n) is 11.7. The highest BCUT2D eigenvalue weighted by Gasteiger charge is 2.27. The van der Waals surface area contributed by atoms with Gasteiger partial charge < -0.3 is 20.1 Å². The summed E-state index contributed by atoms with van der Waals surface area (Å²) >= 11 is 0. The number of carbonyl (C=O) groups is 1. The van der Waals surface area contributed by atoms with E-state index in [0.717, 1.165) is 52.0 Å². The number of para-hydroxylation sites is 1. The fourth-order valence-electron chi connectivity index (χ4n) is 4.50. The largest absolute Gasteiger partial charge is 0.444 e. The van der Waals surface area contributed by atoms with Crippen molar-refractivity contribution in [2.45, 2.75) is 57.8 Å². The lowest BCUT2D eigenvalue weighted by Gasteiger charge is -2.39. The van der Waals surface area contributed by atoms with Gasteiger partial charge in [0.2, 0.25) is 0 Å². The van der Waals surface area contributed by atoms with Gasteiger partial charge in [0.1, 0.15) is 5.60 Å². The molecule has 0 bridgehead atoms. The number of nitrogens with zero attached hydrogens (tertiary/aromatic N) is 3. The highest BCUT2D eigenvalue weighted by atomic mass is 16.6. The van der Waals surface area contributed by atoms with Gasteiger partial charge in [-0.25, -0.2) is 4.79 Å². The Morgan fingerprint density at radius 1 is 1.10 bits per heavy atom. The Balaban J connectivity index is 1.41. The van der Waals surface area contributed by atoms with Crippen LogP contribution in [0, 0.1) is 0 Å². The van der Waals surface area contributed by atoms with Crippen molar-refractivity contribution < 1.29 is 14.6 Å². The molecule has 7 heteroatoms. The number of hydrogen-bond donors (Lipinski definition) is 2. The van der Waals surface area contributed by atoms with Crippen LogP contribution in [-0.4, -0.2) is 91.1 Å². The Morgan fingerprint density at radius 3 is 2.48 bits per heavy atom. The minimum absolute atomic E-state index is 0.255. The number of nitrogens with one attached hydrogen (secondary N) is 1. The van der Waals surface area contributed by atoms with Crippen LogP contribution in [0.1, 0.15) is 40.0 Å². The summed E-state index contributed by atoms with van der Waals surface area (Å²) < 4.78 is 5.36. The van der Waals surface area contributed by atoms with Crippen molar-refractivity contribution in [3.05, 3.63) is 30.3 Å². The molecule has 2 aliphatic rings. The number of aliphatic hydroxyl groups excluding tert-OH is 1. The number of anilines is 1. The number of alkyl carbamates (subject to hydrolysis) is 1. The zero-order chi connectivity index (χ0) is 22.3. The van der Waals surface area contributed by atoms with Crippen molar-refractivity contribution in [2.24, 2.45) is 0 Å². The van der Waals surface area contributed by atoms with E-state index in [4.69, 9.17) is 4.74 Å². The van der Waals surface area contributed by atoms with Crippen LogP contribution < -0.4 is 10.2 Å². The van der Waals surface area contributed by atoms with E-state index < -0.39 is 5.60 Å². The number of carbonyl (C=O) groups excluding carboxylic acids is 1. The van der Waals surface area contributed by atoms with Crippen molar-refractivity contribution in [3.8, 4) is 0 Å². The lowest BCUT2D eigenvalue weighted by molar-refractivity contribution is 0.0361. The molecule has 2 atom stereocenters. The van der Waals surface area contributed by atoms with Crippen molar-refractivity contribution in [1.29, 1.82) is 0 Å². The first kappa shape index (κ1) is 23.8. The molecule has 2 unspecified atom stereocenters. The fourth-order valence-corrected chi connectivity index (χ4v) is 4.50. The maximum atomic E-state index is 12.0. The number of β-amino-alcohol motifs (C(OH)–C–C–N with tert-alkyl or cyclic N) is 1. The molecule has 2 heterocycles. The smallest absolute Gasteiger partial charge is 0.407 e. The van der Waals surface area contributed by atoms with Gasteiger partial charge in [0, 0.05) is 57.5 Å². The van der Waals surface area contributed by atoms with Crippen LogP contribution in [-0.2, 0) is 4.74 Å². The van der Waals surface area contributed by atoms with E-state index in [1.165, 1.54) is 5.69 Å². The number of piperazine rings is 1. The predicted molar refractivity (Wildman–Crippen MR) is 125 cm³/mol. The Bertz CT molecular complexity index is 671. The van der Waals surface area contributed by atoms with E-state index >= 15 is 0 Å². The molecule has 1 amide bonds. The van der Waals surface area contributed by atoms with Gasteiger partial charge in [-0.2, -0.15) is 0 Å². The summed E-state index contributed by atoms with van der Waals surface area (Å²) in [7, 11) is 0. The number of piperidine rings is 1. The molecule has 0 spiro atoms. The molecule has 31 heavy (non-hydrogen) atoms. The van der Waals surface area contributed by atoms with Gasteiger partial charge in [0.05, 0.1) is 6.10 Å². The minimum Gasteiger partial charge on any atom is -0.444 e. The molecular formula is C24H40N4O3. The Labute approximate surface area is 187 Å². The maximum Gasteiger partial charge on any atom is 0.407 e. The van der Waals surface area contributed by atoms with Crippen LogP contribution in [0.15, 0.2) is 30.3 Å². The van der Waals surface area contributed by atoms with Crippen molar-refractivity contribution in [1.82, 2.24) is 15.1 Å². The van der Waals surface area contributed by atoms with Crippen LogP contribution in [0.3, 0.4) is 0 Å². The third-order valence-electron chi connectivity index (χ3n) is 6.04. The number of ether oxygens (including phenoxy) is 1. The molecule has 7 nitrogen and oxygen atoms in total. The quantitative estimate of drug-likeness (QED) is 0.690. The SMILES string of the molecule is CC(C)(C)OC(=O)NCC1CCCCN1CC(O)CN1CCN(c2ccccc2)CC1. The van der Waals surface area contributed by atoms with E-state index in [1.807, 2.05) is 26.8 Å². The number of benzene rings is 1. The third kappa shape index (κ3) is 7.98. The zero-order valence-electron chi connectivity index (χ0n) is 19.4. The van der Waals surface area contributed by atoms with Gasteiger partial charge in [0.25, 0.3) is 0 Å². The van der Waals surface area contributed by atoms with E-state index in [1.54, 1.807) is 0 Å². The van der Waals surface area contributed by atoms with Crippen LogP contribution in [0.4, 0.5) is 10.5 Å². The predicted octanol–water partition coefficient (Wildman–Crippen LogP) is 2.55. The number of hydrogen-bond acceptors (Lipinski definition) is 6. The molecule has 1 aromatic rings. The minimum atomic E-state index is -0.489. The lowest BCUT2D eigenvalue weighted by Crippen LogP contribution is -2.53. The molecule has 0 aromatic heterocycles. The summed E-state index contributed by atoms with van der Waals surface area (Å²) in [5.41, 5.74) is 0.785. The Kier molecular flexibility index (Phi) is 8.58. The second kappa shape index (κ2) is 11.2. The highest BCUT2D eigenvalue weighted by molar-refractivity contribution is 5.67. The summed E-state index contributed by atoms with van der Waals surface area (Å²) in [5, 5.41) is 13.7. The van der Waals surface area contributed by atoms with Gasteiger partial charge in [-0.15, -0.1) is 0 Å². The molecular weight excluding hydrogens is 392 g/mol. The normalized spacial score (nSPS) is 22.2. The van der Waals surface area contributed by atoms with Gasteiger partial charge in [-0.05, 0) is 52.3 Å². The number of likely N-dealkylation sites (tertiary alicyclic amines) is 1. The second-order valence-corrected chi connectivity index (χ2v) is 9.80.